The highest BCUT2D eigenvalue weighted by Gasteiger charge is 2.41. The molecule has 0 aliphatic heterocycles. The van der Waals surface area contributed by atoms with Gasteiger partial charge in [-0.15, -0.1) is 0 Å². The number of nitrogen functional groups attached to an aromatic ring is 1. The van der Waals surface area contributed by atoms with Crippen LogP contribution in [0.25, 0.3) is 0 Å². The van der Waals surface area contributed by atoms with Crippen LogP contribution in [0.5, 0.6) is 0 Å². The van der Waals surface area contributed by atoms with Crippen LogP contribution in [0.3, 0.4) is 0 Å². The summed E-state index contributed by atoms with van der Waals surface area (Å²) in [4.78, 5) is 0. The van der Waals surface area contributed by atoms with Crippen LogP contribution in [0.1, 0.15) is 19.3 Å². The van der Waals surface area contributed by atoms with E-state index >= 15 is 0 Å². The molecule has 1 fully saturated rings. The first-order valence-corrected chi connectivity index (χ1v) is 5.29. The molecular formula is C10H18N4O. The predicted molar refractivity (Wildman–Crippen MR) is 59.5 cm³/mol. The maximum absolute atomic E-state index is 8.93. The molecule has 84 valence electrons. The zero-order valence-corrected chi connectivity index (χ0v) is 9.03. The van der Waals surface area contributed by atoms with Crippen molar-refractivity contribution in [3.63, 3.8) is 0 Å². The van der Waals surface area contributed by atoms with Gasteiger partial charge in [0.15, 0.2) is 5.82 Å². The second-order valence-corrected chi connectivity index (χ2v) is 4.43. The number of aliphatic hydroxyl groups is 1. The summed E-state index contributed by atoms with van der Waals surface area (Å²) in [6.45, 7) is 1.12. The van der Waals surface area contributed by atoms with Crippen molar-refractivity contribution in [3.05, 3.63) is 6.20 Å². The lowest BCUT2D eigenvalue weighted by Crippen LogP contribution is -2.17. The molecule has 5 nitrogen and oxygen atoms in total. The first kappa shape index (κ1) is 10.3. The Morgan fingerprint density at radius 1 is 1.67 bits per heavy atom. The zero-order chi connectivity index (χ0) is 10.9. The highest BCUT2D eigenvalue weighted by Crippen LogP contribution is 2.48. The third kappa shape index (κ3) is 2.23. The van der Waals surface area contributed by atoms with Crippen molar-refractivity contribution in [1.29, 1.82) is 0 Å². The SMILES string of the molecule is Cn1cc(N)c(NCC2(CCO)CC2)n1. The van der Waals surface area contributed by atoms with Crippen molar-refractivity contribution >= 4 is 11.5 Å². The number of nitrogens with one attached hydrogen (secondary N) is 1. The monoisotopic (exact) mass is 210 g/mol. The van der Waals surface area contributed by atoms with Gasteiger partial charge >= 0.3 is 0 Å². The Morgan fingerprint density at radius 2 is 2.40 bits per heavy atom. The number of nitrogens with two attached hydrogens (primary N) is 1. The molecule has 5 heteroatoms. The Hall–Kier alpha value is -1.23. The minimum Gasteiger partial charge on any atom is -0.396 e. The van der Waals surface area contributed by atoms with E-state index in [4.69, 9.17) is 10.8 Å². The highest BCUT2D eigenvalue weighted by atomic mass is 16.3. The fourth-order valence-electron chi connectivity index (χ4n) is 1.84. The number of anilines is 2. The molecule has 0 bridgehead atoms. The molecule has 1 aromatic rings. The number of aromatic nitrogens is 2. The van der Waals surface area contributed by atoms with E-state index in [2.05, 4.69) is 10.4 Å². The number of aliphatic hydroxyl groups excluding tert-OH is 1. The van der Waals surface area contributed by atoms with E-state index in [9.17, 15) is 0 Å². The van der Waals surface area contributed by atoms with Crippen LogP contribution in [-0.2, 0) is 7.05 Å². The summed E-state index contributed by atoms with van der Waals surface area (Å²) in [6.07, 6.45) is 5.03. The lowest BCUT2D eigenvalue weighted by Gasteiger charge is -2.14. The van der Waals surface area contributed by atoms with Crippen molar-refractivity contribution in [3.8, 4) is 0 Å². The molecule has 0 unspecified atom stereocenters. The Bertz CT molecular complexity index is 343. The average Bonchev–Trinajstić information content (AvgIpc) is 2.86. The Kier molecular flexibility index (Phi) is 2.56. The molecule has 0 amide bonds. The molecule has 2 rings (SSSR count). The number of hydrogen-bond donors (Lipinski definition) is 3. The van der Waals surface area contributed by atoms with E-state index in [1.54, 1.807) is 10.9 Å². The molecule has 1 saturated carbocycles. The van der Waals surface area contributed by atoms with Gasteiger partial charge in [0.25, 0.3) is 0 Å². The van der Waals surface area contributed by atoms with Crippen molar-refractivity contribution in [1.82, 2.24) is 9.78 Å². The van der Waals surface area contributed by atoms with E-state index in [0.29, 0.717) is 11.1 Å². The van der Waals surface area contributed by atoms with Gasteiger partial charge in [-0.05, 0) is 24.7 Å². The number of nitrogens with zero attached hydrogens (tertiary/aromatic N) is 2. The normalized spacial score (nSPS) is 17.7. The van der Waals surface area contributed by atoms with Crippen molar-refractivity contribution < 1.29 is 5.11 Å². The third-order valence-corrected chi connectivity index (χ3v) is 3.09. The molecule has 0 saturated heterocycles. The summed E-state index contributed by atoms with van der Waals surface area (Å²) in [5, 5.41) is 16.4. The maximum atomic E-state index is 8.93. The number of rotatable bonds is 5. The molecule has 1 aromatic heterocycles. The van der Waals surface area contributed by atoms with E-state index in [1.165, 1.54) is 12.8 Å². The van der Waals surface area contributed by atoms with Gasteiger partial charge in [-0.3, -0.25) is 4.68 Å². The van der Waals surface area contributed by atoms with Gasteiger partial charge in [-0.25, -0.2) is 0 Å². The van der Waals surface area contributed by atoms with Crippen molar-refractivity contribution in [2.75, 3.05) is 24.2 Å². The summed E-state index contributed by atoms with van der Waals surface area (Å²) in [6, 6.07) is 0. The fourth-order valence-corrected chi connectivity index (χ4v) is 1.84. The first-order valence-electron chi connectivity index (χ1n) is 5.29. The quantitative estimate of drug-likeness (QED) is 0.664. The average molecular weight is 210 g/mol. The van der Waals surface area contributed by atoms with Gasteiger partial charge in [-0.1, -0.05) is 0 Å². The van der Waals surface area contributed by atoms with Crippen molar-refractivity contribution in [2.45, 2.75) is 19.3 Å². The molecule has 4 N–H and O–H groups in total. The lowest BCUT2D eigenvalue weighted by atomic mass is 10.0. The van der Waals surface area contributed by atoms with Crippen LogP contribution in [0, 0.1) is 5.41 Å². The predicted octanol–water partition coefficient (Wildman–Crippen LogP) is 0.577. The molecule has 0 spiro atoms. The van der Waals surface area contributed by atoms with E-state index in [1.807, 2.05) is 7.05 Å². The van der Waals surface area contributed by atoms with E-state index in [-0.39, 0.29) is 6.61 Å². The van der Waals surface area contributed by atoms with Crippen molar-refractivity contribution in [2.24, 2.45) is 12.5 Å². The van der Waals surface area contributed by atoms with Crippen LogP contribution in [-0.4, -0.2) is 28.0 Å². The van der Waals surface area contributed by atoms with Gasteiger partial charge in [0.1, 0.15) is 0 Å². The Morgan fingerprint density at radius 3 is 2.87 bits per heavy atom. The zero-order valence-electron chi connectivity index (χ0n) is 9.03. The summed E-state index contributed by atoms with van der Waals surface area (Å²) in [5.74, 6) is 0.752. The van der Waals surface area contributed by atoms with Gasteiger partial charge < -0.3 is 16.2 Å². The molecule has 0 atom stereocenters. The summed E-state index contributed by atoms with van der Waals surface area (Å²) >= 11 is 0. The minimum atomic E-state index is 0.263. The lowest BCUT2D eigenvalue weighted by molar-refractivity contribution is 0.253. The summed E-state index contributed by atoms with van der Waals surface area (Å²) < 4.78 is 1.70. The van der Waals surface area contributed by atoms with Crippen LogP contribution in [0.15, 0.2) is 6.20 Å². The van der Waals surface area contributed by atoms with Gasteiger partial charge in [0.05, 0.1) is 5.69 Å². The van der Waals surface area contributed by atoms with Gasteiger partial charge in [0, 0.05) is 26.4 Å². The minimum absolute atomic E-state index is 0.263. The van der Waals surface area contributed by atoms with Gasteiger partial charge in [-0.2, -0.15) is 5.10 Å². The standard InChI is InChI=1S/C10H18N4O/c1-14-6-8(11)9(13-14)12-7-10(2-3-10)4-5-15/h6,15H,2-5,7,11H2,1H3,(H,12,13). The summed E-state index contributed by atoms with van der Waals surface area (Å²) in [7, 11) is 1.85. The number of hydrogen-bond acceptors (Lipinski definition) is 4. The molecule has 1 heterocycles. The Balaban J connectivity index is 1.90. The van der Waals surface area contributed by atoms with Crippen LogP contribution >= 0.6 is 0 Å². The number of aryl methyl sites for hydroxylation is 1. The Labute approximate surface area is 89.3 Å². The molecule has 0 aromatic carbocycles. The largest absolute Gasteiger partial charge is 0.396 e. The van der Waals surface area contributed by atoms with E-state index in [0.717, 1.165) is 18.8 Å². The molecule has 1 aliphatic rings. The first-order chi connectivity index (χ1) is 7.15. The smallest absolute Gasteiger partial charge is 0.171 e. The molecule has 15 heavy (non-hydrogen) atoms. The molecule has 1 aliphatic carbocycles. The van der Waals surface area contributed by atoms with E-state index < -0.39 is 0 Å². The second kappa shape index (κ2) is 3.73. The molecule has 0 radical (unpaired) electrons. The van der Waals surface area contributed by atoms with Crippen LogP contribution < -0.4 is 11.1 Å². The maximum Gasteiger partial charge on any atom is 0.171 e. The third-order valence-electron chi connectivity index (χ3n) is 3.09. The van der Waals surface area contributed by atoms with Gasteiger partial charge in [0.2, 0.25) is 0 Å². The van der Waals surface area contributed by atoms with Crippen LogP contribution in [0.2, 0.25) is 0 Å². The fraction of sp³-hybridized carbons (Fsp3) is 0.700. The topological polar surface area (TPSA) is 76.1 Å². The van der Waals surface area contributed by atoms with Crippen LogP contribution in [0.4, 0.5) is 11.5 Å². The summed E-state index contributed by atoms with van der Waals surface area (Å²) in [5.41, 5.74) is 6.74. The molecular weight excluding hydrogens is 192 g/mol. The second-order valence-electron chi connectivity index (χ2n) is 4.43. The highest BCUT2D eigenvalue weighted by molar-refractivity contribution is 5.59.